The van der Waals surface area contributed by atoms with E-state index in [0.29, 0.717) is 17.1 Å². The summed E-state index contributed by atoms with van der Waals surface area (Å²) >= 11 is 7.77. The van der Waals surface area contributed by atoms with Gasteiger partial charge in [-0.05, 0) is 50.4 Å². The number of aromatic nitrogens is 2. The number of para-hydroxylation sites is 1. The average molecular weight is 386 g/mol. The van der Waals surface area contributed by atoms with Crippen LogP contribution in [0.1, 0.15) is 27.3 Å². The molecule has 0 bridgehead atoms. The van der Waals surface area contributed by atoms with Gasteiger partial charge in [0.25, 0.3) is 5.91 Å². The summed E-state index contributed by atoms with van der Waals surface area (Å²) in [6, 6.07) is 15.4. The van der Waals surface area contributed by atoms with Crippen LogP contribution in [-0.4, -0.2) is 21.9 Å². The van der Waals surface area contributed by atoms with Crippen molar-refractivity contribution < 1.29 is 4.79 Å². The van der Waals surface area contributed by atoms with Gasteiger partial charge in [-0.2, -0.15) is 5.10 Å². The van der Waals surface area contributed by atoms with Gasteiger partial charge < -0.3 is 5.32 Å². The number of amides is 1. The van der Waals surface area contributed by atoms with Crippen LogP contribution in [0.2, 0.25) is 5.02 Å². The minimum atomic E-state index is -0.183. The van der Waals surface area contributed by atoms with Crippen LogP contribution in [0.3, 0.4) is 0 Å². The first-order chi connectivity index (χ1) is 12.5. The third-order valence-corrected chi connectivity index (χ3v) is 5.34. The Labute approximate surface area is 162 Å². The normalized spacial score (nSPS) is 10.8. The number of rotatable bonds is 5. The smallest absolute Gasteiger partial charge is 0.253 e. The van der Waals surface area contributed by atoms with E-state index >= 15 is 0 Å². The van der Waals surface area contributed by atoms with Gasteiger partial charge in [-0.15, -0.1) is 11.8 Å². The highest BCUT2D eigenvalue weighted by Gasteiger charge is 2.16. The molecule has 134 valence electrons. The Morgan fingerprint density at radius 2 is 1.92 bits per heavy atom. The van der Waals surface area contributed by atoms with Crippen molar-refractivity contribution >= 4 is 29.3 Å². The summed E-state index contributed by atoms with van der Waals surface area (Å²) < 4.78 is 1.90. The molecule has 1 N–H and O–H groups in total. The molecule has 0 saturated carbocycles. The van der Waals surface area contributed by atoms with Crippen molar-refractivity contribution in [3.63, 3.8) is 0 Å². The summed E-state index contributed by atoms with van der Waals surface area (Å²) in [5.41, 5.74) is 4.42. The SMILES string of the molecule is CSc1ccc(Cl)c(C(=O)NCc2c(C)nn(-c3ccccc3)c2C)c1. The summed E-state index contributed by atoms with van der Waals surface area (Å²) in [6.07, 6.45) is 1.97. The molecule has 26 heavy (non-hydrogen) atoms. The number of halogens is 1. The standard InChI is InChI=1S/C20H20ClN3OS/c1-13-18(14(2)24(23-13)15-7-5-4-6-8-15)12-22-20(25)17-11-16(26-3)9-10-19(17)21/h4-11H,12H2,1-3H3,(H,22,25). The zero-order valence-electron chi connectivity index (χ0n) is 14.9. The number of carbonyl (C=O) groups excluding carboxylic acids is 1. The van der Waals surface area contributed by atoms with Crippen molar-refractivity contribution in [2.75, 3.05) is 6.26 Å². The largest absolute Gasteiger partial charge is 0.348 e. The van der Waals surface area contributed by atoms with E-state index in [0.717, 1.165) is 27.5 Å². The number of nitrogens with zero attached hydrogens (tertiary/aromatic N) is 2. The minimum absolute atomic E-state index is 0.183. The molecule has 2 aromatic carbocycles. The lowest BCUT2D eigenvalue weighted by Crippen LogP contribution is -2.23. The Morgan fingerprint density at radius 3 is 2.62 bits per heavy atom. The molecule has 0 aliphatic rings. The fourth-order valence-electron chi connectivity index (χ4n) is 2.82. The summed E-state index contributed by atoms with van der Waals surface area (Å²) in [6.45, 7) is 4.37. The maximum Gasteiger partial charge on any atom is 0.253 e. The number of benzene rings is 2. The second-order valence-electron chi connectivity index (χ2n) is 5.93. The molecule has 0 saturated heterocycles. The molecule has 0 spiro atoms. The molecular weight excluding hydrogens is 366 g/mol. The molecule has 1 amide bonds. The van der Waals surface area contributed by atoms with Gasteiger partial charge >= 0.3 is 0 Å². The predicted octanol–water partition coefficient (Wildman–Crippen LogP) is 4.79. The number of aryl methyl sites for hydroxylation is 1. The van der Waals surface area contributed by atoms with Gasteiger partial charge in [0.05, 0.1) is 22.0 Å². The van der Waals surface area contributed by atoms with Crippen LogP contribution < -0.4 is 5.32 Å². The molecule has 1 aromatic heterocycles. The van der Waals surface area contributed by atoms with Crippen molar-refractivity contribution in [2.24, 2.45) is 0 Å². The van der Waals surface area contributed by atoms with E-state index in [1.807, 2.05) is 67.2 Å². The van der Waals surface area contributed by atoms with Crippen LogP contribution in [0.25, 0.3) is 5.69 Å². The van der Waals surface area contributed by atoms with E-state index in [9.17, 15) is 4.79 Å². The highest BCUT2D eigenvalue weighted by molar-refractivity contribution is 7.98. The second-order valence-corrected chi connectivity index (χ2v) is 7.21. The maximum absolute atomic E-state index is 12.6. The lowest BCUT2D eigenvalue weighted by Gasteiger charge is -2.09. The van der Waals surface area contributed by atoms with Gasteiger partial charge in [0, 0.05) is 22.7 Å². The zero-order valence-corrected chi connectivity index (χ0v) is 16.5. The molecule has 1 heterocycles. The first-order valence-electron chi connectivity index (χ1n) is 8.23. The third-order valence-electron chi connectivity index (χ3n) is 4.29. The van der Waals surface area contributed by atoms with Gasteiger partial charge in [0.15, 0.2) is 0 Å². The van der Waals surface area contributed by atoms with E-state index < -0.39 is 0 Å². The number of thioether (sulfide) groups is 1. The van der Waals surface area contributed by atoms with Crippen molar-refractivity contribution in [3.05, 3.63) is 76.1 Å². The Kier molecular flexibility index (Phi) is 5.69. The van der Waals surface area contributed by atoms with Gasteiger partial charge in [-0.3, -0.25) is 4.79 Å². The van der Waals surface area contributed by atoms with Crippen LogP contribution in [0.5, 0.6) is 0 Å². The monoisotopic (exact) mass is 385 g/mol. The predicted molar refractivity (Wildman–Crippen MR) is 107 cm³/mol. The third kappa shape index (κ3) is 3.79. The molecule has 3 aromatic rings. The van der Waals surface area contributed by atoms with E-state index in [1.165, 1.54) is 0 Å². The van der Waals surface area contributed by atoms with Crippen molar-refractivity contribution in [1.82, 2.24) is 15.1 Å². The van der Waals surface area contributed by atoms with Crippen LogP contribution >= 0.6 is 23.4 Å². The molecule has 0 atom stereocenters. The molecule has 0 fully saturated rings. The Hall–Kier alpha value is -2.24. The zero-order chi connectivity index (χ0) is 18.7. The van der Waals surface area contributed by atoms with Crippen LogP contribution in [0.4, 0.5) is 0 Å². The second kappa shape index (κ2) is 7.98. The van der Waals surface area contributed by atoms with Crippen LogP contribution in [0.15, 0.2) is 53.4 Å². The average Bonchev–Trinajstić information content (AvgIpc) is 2.95. The maximum atomic E-state index is 12.6. The van der Waals surface area contributed by atoms with E-state index in [2.05, 4.69) is 10.4 Å². The summed E-state index contributed by atoms with van der Waals surface area (Å²) in [5, 5.41) is 8.03. The molecule has 0 radical (unpaired) electrons. The first-order valence-corrected chi connectivity index (χ1v) is 9.83. The Balaban J connectivity index is 1.80. The van der Waals surface area contributed by atoms with Crippen molar-refractivity contribution in [2.45, 2.75) is 25.3 Å². The quantitative estimate of drug-likeness (QED) is 0.642. The van der Waals surface area contributed by atoms with E-state index in [-0.39, 0.29) is 5.91 Å². The van der Waals surface area contributed by atoms with Gasteiger partial charge in [-0.25, -0.2) is 4.68 Å². The Morgan fingerprint density at radius 1 is 1.19 bits per heavy atom. The molecule has 4 nitrogen and oxygen atoms in total. The summed E-state index contributed by atoms with van der Waals surface area (Å²) in [7, 11) is 0. The minimum Gasteiger partial charge on any atom is -0.348 e. The van der Waals surface area contributed by atoms with Crippen LogP contribution in [-0.2, 0) is 6.54 Å². The fraction of sp³-hybridized carbons (Fsp3) is 0.200. The highest BCUT2D eigenvalue weighted by Crippen LogP contribution is 2.23. The highest BCUT2D eigenvalue weighted by atomic mass is 35.5. The van der Waals surface area contributed by atoms with Crippen molar-refractivity contribution in [1.29, 1.82) is 0 Å². The first kappa shape index (κ1) is 18.5. The van der Waals surface area contributed by atoms with Crippen LogP contribution in [0, 0.1) is 13.8 Å². The Bertz CT molecular complexity index is 938. The fourth-order valence-corrected chi connectivity index (χ4v) is 3.46. The molecule has 0 aliphatic heterocycles. The summed E-state index contributed by atoms with van der Waals surface area (Å²) in [4.78, 5) is 13.6. The van der Waals surface area contributed by atoms with Crippen molar-refractivity contribution in [3.8, 4) is 5.69 Å². The lowest BCUT2D eigenvalue weighted by atomic mass is 10.1. The molecular formula is C20H20ClN3OS. The number of nitrogens with one attached hydrogen (secondary N) is 1. The summed E-state index contributed by atoms with van der Waals surface area (Å²) in [5.74, 6) is -0.183. The lowest BCUT2D eigenvalue weighted by molar-refractivity contribution is 0.0951. The number of carbonyl (C=O) groups is 1. The number of hydrogen-bond donors (Lipinski definition) is 1. The molecule has 3 rings (SSSR count). The molecule has 0 aliphatic carbocycles. The topological polar surface area (TPSA) is 46.9 Å². The number of hydrogen-bond acceptors (Lipinski definition) is 3. The van der Waals surface area contributed by atoms with Gasteiger partial charge in [0.2, 0.25) is 0 Å². The van der Waals surface area contributed by atoms with Gasteiger partial charge in [0.1, 0.15) is 0 Å². The van der Waals surface area contributed by atoms with Gasteiger partial charge in [-0.1, -0.05) is 29.8 Å². The van der Waals surface area contributed by atoms with E-state index in [1.54, 1.807) is 17.8 Å². The molecule has 6 heteroatoms. The van der Waals surface area contributed by atoms with E-state index in [4.69, 9.17) is 11.6 Å². The molecule has 0 unspecified atom stereocenters.